The zero-order valence-corrected chi connectivity index (χ0v) is 10.00. The van der Waals surface area contributed by atoms with Crippen molar-refractivity contribution in [3.8, 4) is 5.95 Å². The molecule has 2 aromatic rings. The average Bonchev–Trinajstić information content (AvgIpc) is 2.87. The third-order valence-electron chi connectivity index (χ3n) is 2.32. The number of nitrogens with one attached hydrogen (secondary N) is 1. The summed E-state index contributed by atoms with van der Waals surface area (Å²) in [7, 11) is 0. The Hall–Kier alpha value is -2.28. The van der Waals surface area contributed by atoms with Crippen LogP contribution in [0.3, 0.4) is 0 Å². The number of hydrogen-bond donors (Lipinski definition) is 2. The number of nitrogens with two attached hydrogens (primary N) is 1. The highest BCUT2D eigenvalue weighted by atomic mass is 16.1. The van der Waals surface area contributed by atoms with Crippen molar-refractivity contribution in [1.29, 1.82) is 0 Å². The molecule has 7 nitrogen and oxygen atoms in total. The standard InChI is InChI=1S/C11H14N6O/c1-2-13-5-8-6-14-11(15-7-8)17-4-3-9(16-17)10(12)18/h3-4,6-7,13H,2,5H2,1H3,(H2,12,18). The van der Waals surface area contributed by atoms with Gasteiger partial charge in [0.2, 0.25) is 5.95 Å². The number of hydrogen-bond acceptors (Lipinski definition) is 5. The molecule has 0 bridgehead atoms. The van der Waals surface area contributed by atoms with E-state index in [-0.39, 0.29) is 5.69 Å². The first-order chi connectivity index (χ1) is 8.70. The summed E-state index contributed by atoms with van der Waals surface area (Å²) in [5.74, 6) is -0.166. The highest BCUT2D eigenvalue weighted by molar-refractivity contribution is 5.90. The molecule has 2 aromatic heterocycles. The molecule has 0 aliphatic carbocycles. The largest absolute Gasteiger partial charge is 0.364 e. The molecular formula is C11H14N6O. The summed E-state index contributed by atoms with van der Waals surface area (Å²) in [6.45, 7) is 3.65. The highest BCUT2D eigenvalue weighted by Crippen LogP contribution is 2.02. The van der Waals surface area contributed by atoms with E-state index in [2.05, 4.69) is 20.4 Å². The SMILES string of the molecule is CCNCc1cnc(-n2ccc(C(N)=O)n2)nc1. The van der Waals surface area contributed by atoms with Gasteiger partial charge in [0.05, 0.1) is 0 Å². The molecule has 0 saturated heterocycles. The molecule has 0 saturated carbocycles. The Bertz CT molecular complexity index is 533. The molecule has 2 rings (SSSR count). The van der Waals surface area contributed by atoms with E-state index in [4.69, 9.17) is 5.73 Å². The summed E-state index contributed by atoms with van der Waals surface area (Å²) in [6.07, 6.45) is 5.03. The van der Waals surface area contributed by atoms with Crippen LogP contribution in [0, 0.1) is 0 Å². The van der Waals surface area contributed by atoms with E-state index in [0.29, 0.717) is 5.95 Å². The number of carbonyl (C=O) groups is 1. The van der Waals surface area contributed by atoms with Crippen LogP contribution < -0.4 is 11.1 Å². The molecule has 0 aliphatic heterocycles. The van der Waals surface area contributed by atoms with Gasteiger partial charge in [-0.3, -0.25) is 4.79 Å². The van der Waals surface area contributed by atoms with Crippen molar-refractivity contribution >= 4 is 5.91 Å². The summed E-state index contributed by atoms with van der Waals surface area (Å²) < 4.78 is 1.41. The number of amides is 1. The highest BCUT2D eigenvalue weighted by Gasteiger charge is 2.07. The minimum Gasteiger partial charge on any atom is -0.364 e. The van der Waals surface area contributed by atoms with Gasteiger partial charge in [-0.15, -0.1) is 0 Å². The van der Waals surface area contributed by atoms with Gasteiger partial charge in [-0.25, -0.2) is 14.6 Å². The molecule has 7 heteroatoms. The van der Waals surface area contributed by atoms with Crippen molar-refractivity contribution in [3.05, 3.63) is 35.9 Å². The lowest BCUT2D eigenvalue weighted by Gasteiger charge is -2.02. The molecule has 18 heavy (non-hydrogen) atoms. The van der Waals surface area contributed by atoms with Crippen molar-refractivity contribution in [1.82, 2.24) is 25.1 Å². The topological polar surface area (TPSA) is 98.7 Å². The predicted octanol–water partition coefficient (Wildman–Crippen LogP) is -0.129. The maximum absolute atomic E-state index is 10.9. The molecule has 1 amide bonds. The van der Waals surface area contributed by atoms with Gasteiger partial charge in [0.1, 0.15) is 5.69 Å². The summed E-state index contributed by atoms with van der Waals surface area (Å²) in [5.41, 5.74) is 6.30. The molecular weight excluding hydrogens is 232 g/mol. The van der Waals surface area contributed by atoms with Crippen molar-refractivity contribution in [2.45, 2.75) is 13.5 Å². The number of carbonyl (C=O) groups excluding carboxylic acids is 1. The fourth-order valence-electron chi connectivity index (χ4n) is 1.39. The quantitative estimate of drug-likeness (QED) is 0.765. The van der Waals surface area contributed by atoms with E-state index in [1.165, 1.54) is 10.7 Å². The van der Waals surface area contributed by atoms with Crippen molar-refractivity contribution < 1.29 is 4.79 Å². The van der Waals surface area contributed by atoms with Gasteiger partial charge in [-0.05, 0) is 12.6 Å². The molecule has 0 atom stereocenters. The predicted molar refractivity (Wildman–Crippen MR) is 65.1 cm³/mol. The van der Waals surface area contributed by atoms with Crippen molar-refractivity contribution in [3.63, 3.8) is 0 Å². The average molecular weight is 246 g/mol. The van der Waals surface area contributed by atoms with E-state index < -0.39 is 5.91 Å². The molecule has 3 N–H and O–H groups in total. The van der Waals surface area contributed by atoms with Crippen LogP contribution in [-0.2, 0) is 6.54 Å². The van der Waals surface area contributed by atoms with Crippen LogP contribution in [0.25, 0.3) is 5.95 Å². The van der Waals surface area contributed by atoms with Crippen LogP contribution in [0.5, 0.6) is 0 Å². The smallest absolute Gasteiger partial charge is 0.269 e. The molecule has 0 aliphatic rings. The zero-order valence-electron chi connectivity index (χ0n) is 10.00. The summed E-state index contributed by atoms with van der Waals surface area (Å²) in [5, 5.41) is 7.15. The van der Waals surface area contributed by atoms with E-state index >= 15 is 0 Å². The first-order valence-corrected chi connectivity index (χ1v) is 5.58. The maximum atomic E-state index is 10.9. The minimum atomic E-state index is -0.572. The minimum absolute atomic E-state index is 0.190. The number of nitrogens with zero attached hydrogens (tertiary/aromatic N) is 4. The van der Waals surface area contributed by atoms with E-state index in [9.17, 15) is 4.79 Å². The van der Waals surface area contributed by atoms with Crippen LogP contribution in [0.1, 0.15) is 23.0 Å². The van der Waals surface area contributed by atoms with Crippen molar-refractivity contribution in [2.75, 3.05) is 6.54 Å². The molecule has 0 fully saturated rings. The molecule has 2 heterocycles. The van der Waals surface area contributed by atoms with Gasteiger partial charge >= 0.3 is 0 Å². The second-order valence-corrected chi connectivity index (χ2v) is 3.68. The van der Waals surface area contributed by atoms with Gasteiger partial charge < -0.3 is 11.1 Å². The van der Waals surface area contributed by atoms with Gasteiger partial charge in [0, 0.05) is 30.7 Å². The zero-order chi connectivity index (χ0) is 13.0. The van der Waals surface area contributed by atoms with Crippen LogP contribution in [0.15, 0.2) is 24.7 Å². The van der Waals surface area contributed by atoms with E-state index in [1.807, 2.05) is 6.92 Å². The molecule has 0 unspecified atom stereocenters. The lowest BCUT2D eigenvalue weighted by Crippen LogP contribution is -2.14. The van der Waals surface area contributed by atoms with Crippen LogP contribution in [-0.4, -0.2) is 32.2 Å². The second-order valence-electron chi connectivity index (χ2n) is 3.68. The van der Waals surface area contributed by atoms with Crippen LogP contribution in [0.2, 0.25) is 0 Å². The summed E-state index contributed by atoms with van der Waals surface area (Å²) in [4.78, 5) is 19.3. The molecule has 0 radical (unpaired) electrons. The summed E-state index contributed by atoms with van der Waals surface area (Å²) in [6, 6.07) is 1.53. The monoisotopic (exact) mass is 246 g/mol. The molecule has 0 aromatic carbocycles. The third kappa shape index (κ3) is 2.69. The lowest BCUT2D eigenvalue weighted by atomic mass is 10.3. The summed E-state index contributed by atoms with van der Waals surface area (Å²) >= 11 is 0. The Morgan fingerprint density at radius 3 is 2.72 bits per heavy atom. The van der Waals surface area contributed by atoms with E-state index in [1.54, 1.807) is 18.6 Å². The lowest BCUT2D eigenvalue weighted by molar-refractivity contribution is 0.0995. The number of rotatable bonds is 5. The van der Waals surface area contributed by atoms with Gasteiger partial charge in [0.25, 0.3) is 5.91 Å². The van der Waals surface area contributed by atoms with Gasteiger partial charge in [0.15, 0.2) is 0 Å². The Labute approximate surface area is 104 Å². The van der Waals surface area contributed by atoms with Gasteiger partial charge in [-0.1, -0.05) is 6.92 Å². The maximum Gasteiger partial charge on any atom is 0.269 e. The Kier molecular flexibility index (Phi) is 3.63. The fraction of sp³-hybridized carbons (Fsp3) is 0.273. The number of primary amides is 1. The van der Waals surface area contributed by atoms with Crippen LogP contribution >= 0.6 is 0 Å². The molecule has 94 valence electrons. The molecule has 0 spiro atoms. The Morgan fingerprint density at radius 2 is 2.17 bits per heavy atom. The van der Waals surface area contributed by atoms with Gasteiger partial charge in [-0.2, -0.15) is 5.10 Å². The van der Waals surface area contributed by atoms with E-state index in [0.717, 1.165) is 18.7 Å². The first-order valence-electron chi connectivity index (χ1n) is 5.58. The van der Waals surface area contributed by atoms with Crippen molar-refractivity contribution in [2.24, 2.45) is 5.73 Å². The Balaban J connectivity index is 2.15. The van der Waals surface area contributed by atoms with Crippen LogP contribution in [0.4, 0.5) is 0 Å². The normalized spacial score (nSPS) is 10.5. The fourth-order valence-corrected chi connectivity index (χ4v) is 1.39. The second kappa shape index (κ2) is 5.37. The third-order valence-corrected chi connectivity index (χ3v) is 2.32. The number of aromatic nitrogens is 4. The Morgan fingerprint density at radius 1 is 1.44 bits per heavy atom. The first kappa shape index (κ1) is 12.2.